The fourth-order valence-electron chi connectivity index (χ4n) is 3.64. The van der Waals surface area contributed by atoms with Gasteiger partial charge in [-0.3, -0.25) is 14.4 Å². The van der Waals surface area contributed by atoms with E-state index in [1.165, 1.54) is 23.7 Å². The molecule has 0 bridgehead atoms. The van der Waals surface area contributed by atoms with E-state index < -0.39 is 0 Å². The third-order valence-corrected chi connectivity index (χ3v) is 5.44. The van der Waals surface area contributed by atoms with Crippen LogP contribution in [-0.2, 0) is 13.6 Å². The molecule has 3 aromatic rings. The summed E-state index contributed by atoms with van der Waals surface area (Å²) < 4.78 is 8.71. The van der Waals surface area contributed by atoms with Crippen LogP contribution in [0.4, 0.5) is 0 Å². The van der Waals surface area contributed by atoms with Gasteiger partial charge in [0.15, 0.2) is 0 Å². The van der Waals surface area contributed by atoms with E-state index in [0.29, 0.717) is 35.1 Å². The topological polar surface area (TPSA) is 94.2 Å². The molecule has 0 radical (unpaired) electrons. The second-order valence-corrected chi connectivity index (χ2v) is 7.61. The quantitative estimate of drug-likeness (QED) is 0.604. The number of rotatable bonds is 5. The summed E-state index contributed by atoms with van der Waals surface area (Å²) in [5.74, 6) is 0.339. The molecular formula is C19H23ClN8O2. The lowest BCUT2D eigenvalue weighted by atomic mass is 10.1. The Morgan fingerprint density at radius 3 is 2.80 bits per heavy atom. The summed E-state index contributed by atoms with van der Waals surface area (Å²) in [7, 11) is 3.44. The van der Waals surface area contributed by atoms with Gasteiger partial charge < -0.3 is 9.64 Å². The van der Waals surface area contributed by atoms with E-state index in [0.717, 1.165) is 26.1 Å². The maximum absolute atomic E-state index is 13.3. The molecule has 30 heavy (non-hydrogen) atoms. The highest BCUT2D eigenvalue weighted by atomic mass is 35.5. The van der Waals surface area contributed by atoms with Crippen molar-refractivity contribution in [2.24, 2.45) is 7.05 Å². The van der Waals surface area contributed by atoms with Crippen LogP contribution in [0.3, 0.4) is 0 Å². The first-order valence-corrected chi connectivity index (χ1v) is 10.0. The van der Waals surface area contributed by atoms with Gasteiger partial charge in [-0.05, 0) is 22.9 Å². The van der Waals surface area contributed by atoms with E-state index in [1.807, 2.05) is 24.3 Å². The molecule has 3 heterocycles. The van der Waals surface area contributed by atoms with E-state index in [4.69, 9.17) is 16.3 Å². The molecule has 0 unspecified atom stereocenters. The maximum Gasteiger partial charge on any atom is 0.257 e. The van der Waals surface area contributed by atoms with Crippen LogP contribution in [0, 0.1) is 0 Å². The largest absolute Gasteiger partial charge is 0.496 e. The van der Waals surface area contributed by atoms with E-state index in [9.17, 15) is 4.79 Å². The molecule has 2 aromatic heterocycles. The monoisotopic (exact) mass is 430 g/mol. The van der Waals surface area contributed by atoms with Crippen LogP contribution in [0.5, 0.6) is 5.75 Å². The van der Waals surface area contributed by atoms with Gasteiger partial charge in [-0.2, -0.15) is 9.78 Å². The Hall–Kier alpha value is -2.98. The average molecular weight is 431 g/mol. The minimum absolute atomic E-state index is 0.0970. The second-order valence-electron chi connectivity index (χ2n) is 7.20. The van der Waals surface area contributed by atoms with Crippen molar-refractivity contribution in [3.05, 3.63) is 47.0 Å². The van der Waals surface area contributed by atoms with Crippen LogP contribution in [0.15, 0.2) is 30.9 Å². The highest BCUT2D eigenvalue weighted by Gasteiger charge is 2.24. The van der Waals surface area contributed by atoms with Crippen LogP contribution in [-0.4, -0.2) is 79.0 Å². The lowest BCUT2D eigenvalue weighted by Crippen LogP contribution is -2.35. The van der Waals surface area contributed by atoms with E-state index in [2.05, 4.69) is 25.5 Å². The predicted octanol–water partition coefficient (Wildman–Crippen LogP) is 1.41. The van der Waals surface area contributed by atoms with Gasteiger partial charge in [-0.15, -0.1) is 5.10 Å². The molecule has 0 saturated carbocycles. The fourth-order valence-corrected chi connectivity index (χ4v) is 3.89. The van der Waals surface area contributed by atoms with Gasteiger partial charge in [-0.1, -0.05) is 11.6 Å². The number of carbonyl (C=O) groups is 1. The van der Waals surface area contributed by atoms with Gasteiger partial charge in [0.2, 0.25) is 0 Å². The number of hydrogen-bond acceptors (Lipinski definition) is 7. The summed E-state index contributed by atoms with van der Waals surface area (Å²) in [6.45, 7) is 3.85. The average Bonchev–Trinajstić information content (AvgIpc) is 3.35. The van der Waals surface area contributed by atoms with Gasteiger partial charge in [-0.25, -0.2) is 0 Å². The van der Waals surface area contributed by atoms with E-state index in [1.54, 1.807) is 16.8 Å². The SMILES string of the molecule is COc1cc(-n2cnnn2)c(Cl)cc1C(=O)N1CCCN(Cc2cnn(C)c2)CC1. The van der Waals surface area contributed by atoms with Crippen molar-refractivity contribution < 1.29 is 9.53 Å². The Kier molecular flexibility index (Phi) is 5.96. The van der Waals surface area contributed by atoms with Gasteiger partial charge >= 0.3 is 0 Å². The second kappa shape index (κ2) is 8.80. The number of hydrogen-bond donors (Lipinski definition) is 0. The molecule has 0 spiro atoms. The number of tetrazole rings is 1. The van der Waals surface area contributed by atoms with Crippen LogP contribution in [0.1, 0.15) is 22.3 Å². The number of aryl methyl sites for hydroxylation is 1. The third-order valence-electron chi connectivity index (χ3n) is 5.14. The molecule has 1 amide bonds. The van der Waals surface area contributed by atoms with Gasteiger partial charge in [0.1, 0.15) is 12.1 Å². The van der Waals surface area contributed by atoms with Crippen molar-refractivity contribution in [3.8, 4) is 11.4 Å². The summed E-state index contributed by atoms with van der Waals surface area (Å²) in [6, 6.07) is 3.30. The fraction of sp³-hybridized carbons (Fsp3) is 0.421. The van der Waals surface area contributed by atoms with Crippen molar-refractivity contribution in [3.63, 3.8) is 0 Å². The van der Waals surface area contributed by atoms with Crippen molar-refractivity contribution >= 4 is 17.5 Å². The van der Waals surface area contributed by atoms with Crippen molar-refractivity contribution in [2.75, 3.05) is 33.3 Å². The van der Waals surface area contributed by atoms with Crippen LogP contribution in [0.2, 0.25) is 5.02 Å². The number of halogens is 1. The molecule has 158 valence electrons. The first kappa shape index (κ1) is 20.3. The summed E-state index contributed by atoms with van der Waals surface area (Å²) in [4.78, 5) is 17.5. The van der Waals surface area contributed by atoms with E-state index in [-0.39, 0.29) is 5.91 Å². The number of methoxy groups -OCH3 is 1. The Balaban J connectivity index is 1.49. The number of aromatic nitrogens is 6. The molecule has 1 saturated heterocycles. The molecule has 0 N–H and O–H groups in total. The van der Waals surface area contributed by atoms with Gasteiger partial charge in [0, 0.05) is 57.6 Å². The normalized spacial score (nSPS) is 15.2. The maximum atomic E-state index is 13.3. The molecule has 0 atom stereocenters. The Bertz CT molecular complexity index is 1020. The van der Waals surface area contributed by atoms with Gasteiger partial charge in [0.05, 0.1) is 29.6 Å². The smallest absolute Gasteiger partial charge is 0.257 e. The Labute approximate surface area is 179 Å². The van der Waals surface area contributed by atoms with Crippen molar-refractivity contribution in [1.29, 1.82) is 0 Å². The molecule has 1 fully saturated rings. The number of benzene rings is 1. The Morgan fingerprint density at radius 2 is 2.10 bits per heavy atom. The standard InChI is InChI=1S/C19H23ClN8O2/c1-25-11-14(10-22-25)12-26-4-3-5-27(7-6-26)19(29)15-8-16(20)17(9-18(15)30-2)28-13-21-23-24-28/h8-11,13H,3-7,12H2,1-2H3. The van der Waals surface area contributed by atoms with Crippen LogP contribution in [0.25, 0.3) is 5.69 Å². The summed E-state index contributed by atoms with van der Waals surface area (Å²) >= 11 is 6.42. The molecule has 1 aliphatic rings. The molecule has 1 aromatic carbocycles. The molecule has 11 heteroatoms. The zero-order chi connectivity index (χ0) is 21.1. The molecule has 4 rings (SSSR count). The summed E-state index contributed by atoms with van der Waals surface area (Å²) in [5.41, 5.74) is 2.15. The molecule has 1 aliphatic heterocycles. The highest BCUT2D eigenvalue weighted by Crippen LogP contribution is 2.30. The summed E-state index contributed by atoms with van der Waals surface area (Å²) in [5, 5.41) is 15.7. The number of amides is 1. The lowest BCUT2D eigenvalue weighted by molar-refractivity contribution is 0.0757. The number of nitrogens with zero attached hydrogens (tertiary/aromatic N) is 8. The third kappa shape index (κ3) is 4.29. The lowest BCUT2D eigenvalue weighted by Gasteiger charge is -2.23. The molecule has 10 nitrogen and oxygen atoms in total. The highest BCUT2D eigenvalue weighted by molar-refractivity contribution is 6.33. The summed E-state index contributed by atoms with van der Waals surface area (Å²) in [6.07, 6.45) is 6.23. The van der Waals surface area contributed by atoms with Crippen LogP contribution < -0.4 is 4.74 Å². The van der Waals surface area contributed by atoms with Crippen molar-refractivity contribution in [1.82, 2.24) is 39.8 Å². The van der Waals surface area contributed by atoms with E-state index >= 15 is 0 Å². The van der Waals surface area contributed by atoms with Gasteiger partial charge in [0.25, 0.3) is 5.91 Å². The predicted molar refractivity (Wildman–Crippen MR) is 110 cm³/mol. The zero-order valence-corrected chi connectivity index (χ0v) is 17.7. The minimum Gasteiger partial charge on any atom is -0.496 e. The first-order valence-electron chi connectivity index (χ1n) is 9.65. The number of ether oxygens (including phenoxy) is 1. The minimum atomic E-state index is -0.0970. The van der Waals surface area contributed by atoms with Crippen molar-refractivity contribution in [2.45, 2.75) is 13.0 Å². The van der Waals surface area contributed by atoms with Crippen LogP contribution >= 0.6 is 11.6 Å². The first-order chi connectivity index (χ1) is 14.5. The molecular weight excluding hydrogens is 408 g/mol. The number of carbonyl (C=O) groups excluding carboxylic acids is 1. The Morgan fingerprint density at radius 1 is 1.23 bits per heavy atom. The zero-order valence-electron chi connectivity index (χ0n) is 16.9. The molecule has 0 aliphatic carbocycles.